The van der Waals surface area contributed by atoms with E-state index in [-0.39, 0.29) is 10.6 Å². The van der Waals surface area contributed by atoms with E-state index in [0.29, 0.717) is 31.8 Å². The predicted octanol–water partition coefficient (Wildman–Crippen LogP) is 3.61. The first-order valence-corrected chi connectivity index (χ1v) is 15.7. The van der Waals surface area contributed by atoms with E-state index in [1.54, 1.807) is 23.0 Å². The summed E-state index contributed by atoms with van der Waals surface area (Å²) >= 11 is 0. The highest BCUT2D eigenvalue weighted by Gasteiger charge is 2.45. The summed E-state index contributed by atoms with van der Waals surface area (Å²) in [5.41, 5.74) is 5.64. The van der Waals surface area contributed by atoms with E-state index in [1.165, 1.54) is 11.0 Å². The maximum absolute atomic E-state index is 13.6. The van der Waals surface area contributed by atoms with Crippen LogP contribution in [0.15, 0.2) is 76.9 Å². The lowest BCUT2D eigenvalue weighted by atomic mass is 9.73. The minimum absolute atomic E-state index is 0.0308. The van der Waals surface area contributed by atoms with Crippen LogP contribution in [0.5, 0.6) is 0 Å². The lowest BCUT2D eigenvalue weighted by Crippen LogP contribution is -2.36. The predicted molar refractivity (Wildman–Crippen MR) is 159 cm³/mol. The summed E-state index contributed by atoms with van der Waals surface area (Å²) in [6.07, 6.45) is 8.49. The second kappa shape index (κ2) is 9.74. The van der Waals surface area contributed by atoms with Crippen molar-refractivity contribution >= 4 is 20.9 Å². The fourth-order valence-electron chi connectivity index (χ4n) is 6.54. The maximum atomic E-state index is 13.6. The zero-order valence-electron chi connectivity index (χ0n) is 23.9. The summed E-state index contributed by atoms with van der Waals surface area (Å²) in [5, 5.41) is 13.8. The number of fused-ring (bicyclic) bond motifs is 1. The number of aryl methyl sites for hydroxylation is 3. The highest BCUT2D eigenvalue weighted by Crippen LogP contribution is 2.43. The van der Waals surface area contributed by atoms with Gasteiger partial charge < -0.3 is 4.57 Å². The smallest absolute Gasteiger partial charge is 0.264 e. The van der Waals surface area contributed by atoms with Gasteiger partial charge in [-0.25, -0.2) is 13.1 Å². The molecule has 1 aliphatic carbocycles. The fourth-order valence-corrected chi connectivity index (χ4v) is 7.96. The summed E-state index contributed by atoms with van der Waals surface area (Å²) < 4.78 is 32.3. The summed E-state index contributed by atoms with van der Waals surface area (Å²) in [4.78, 5) is 14.0. The van der Waals surface area contributed by atoms with Gasteiger partial charge in [-0.1, -0.05) is 30.3 Å². The molecular formula is C31H33N7O3S. The van der Waals surface area contributed by atoms with Crippen LogP contribution < -0.4 is 5.56 Å². The van der Waals surface area contributed by atoms with Gasteiger partial charge in [-0.3, -0.25) is 4.79 Å². The van der Waals surface area contributed by atoms with Crippen molar-refractivity contribution in [3.05, 3.63) is 99.7 Å². The van der Waals surface area contributed by atoms with Crippen LogP contribution in [0.2, 0.25) is 0 Å². The van der Waals surface area contributed by atoms with Crippen LogP contribution in [0.1, 0.15) is 47.4 Å². The Bertz CT molecular complexity index is 1990. The molecule has 1 atom stereocenters. The van der Waals surface area contributed by atoms with E-state index in [9.17, 15) is 13.2 Å². The molecule has 4 heterocycles. The molecule has 7 rings (SSSR count). The number of rotatable bonds is 7. The molecule has 1 unspecified atom stereocenters. The van der Waals surface area contributed by atoms with Crippen molar-refractivity contribution in [2.24, 2.45) is 14.1 Å². The molecule has 0 bridgehead atoms. The quantitative estimate of drug-likeness (QED) is 0.290. The molecule has 1 saturated heterocycles. The largest absolute Gasteiger partial charge is 0.316 e. The van der Waals surface area contributed by atoms with Gasteiger partial charge in [0.2, 0.25) is 5.03 Å². The van der Waals surface area contributed by atoms with Crippen LogP contribution in [-0.2, 0) is 36.0 Å². The summed E-state index contributed by atoms with van der Waals surface area (Å²) in [7, 11) is -0.389. The Kier molecular flexibility index (Phi) is 6.21. The first kappa shape index (κ1) is 26.8. The van der Waals surface area contributed by atoms with Crippen LogP contribution in [0, 0.1) is 6.92 Å². The molecule has 3 aromatic heterocycles. The molecule has 5 aromatic rings. The number of benzene rings is 2. The minimum Gasteiger partial charge on any atom is -0.316 e. The third-order valence-corrected chi connectivity index (χ3v) is 10.5. The van der Waals surface area contributed by atoms with Gasteiger partial charge in [0.25, 0.3) is 15.6 Å². The molecule has 1 aliphatic heterocycles. The van der Waals surface area contributed by atoms with Crippen LogP contribution in [0.25, 0.3) is 16.6 Å². The normalized spacial score (nSPS) is 19.6. The van der Waals surface area contributed by atoms with Gasteiger partial charge in [-0.2, -0.15) is 19.3 Å². The molecule has 1 saturated carbocycles. The summed E-state index contributed by atoms with van der Waals surface area (Å²) in [5.74, 6) is 0.333. The van der Waals surface area contributed by atoms with Crippen molar-refractivity contribution in [3.8, 4) is 5.69 Å². The van der Waals surface area contributed by atoms with Gasteiger partial charge >= 0.3 is 0 Å². The Hall–Kier alpha value is -4.09. The third-order valence-electron chi connectivity index (χ3n) is 8.83. The molecule has 2 aromatic carbocycles. The number of hydrogen-bond donors (Lipinski definition) is 0. The Labute approximate surface area is 244 Å². The van der Waals surface area contributed by atoms with Gasteiger partial charge in [0.15, 0.2) is 0 Å². The second-order valence-electron chi connectivity index (χ2n) is 11.8. The number of nitrogens with zero attached hydrogens (tertiary/aromatic N) is 7. The van der Waals surface area contributed by atoms with E-state index in [1.807, 2.05) is 41.3 Å². The average molecular weight is 584 g/mol. The molecule has 0 N–H and O–H groups in total. The van der Waals surface area contributed by atoms with Gasteiger partial charge in [-0.05, 0) is 73.4 Å². The van der Waals surface area contributed by atoms with Crippen LogP contribution in [0.4, 0.5) is 0 Å². The molecule has 2 aliphatic rings. The molecule has 0 radical (unpaired) electrons. The Balaban J connectivity index is 1.32. The average Bonchev–Trinajstić information content (AvgIpc) is 3.34. The van der Waals surface area contributed by atoms with E-state index in [4.69, 9.17) is 5.10 Å². The molecule has 10 nitrogen and oxygen atoms in total. The highest BCUT2D eigenvalue weighted by atomic mass is 32.2. The zero-order chi connectivity index (χ0) is 29.2. The van der Waals surface area contributed by atoms with Crippen molar-refractivity contribution in [1.29, 1.82) is 0 Å². The standard InChI is InChI=1S/C31H33N7O3S/c1-21-13-28-24(17-33-38(28)25-15-26(23-9-10-23)30(39)35(2)19-25)14-27(21)31(16-22-7-5-4-6-8-22)11-12-37(20-31)42(40,41)29-18-32-36(3)34-29/h4-8,13-15,17-19,23H,9-12,16,20H2,1-3H3. The van der Waals surface area contributed by atoms with Crippen LogP contribution >= 0.6 is 0 Å². The van der Waals surface area contributed by atoms with Crippen LogP contribution in [0.3, 0.4) is 0 Å². The highest BCUT2D eigenvalue weighted by molar-refractivity contribution is 7.89. The van der Waals surface area contributed by atoms with Crippen molar-refractivity contribution in [1.82, 2.24) is 33.6 Å². The third kappa shape index (κ3) is 4.47. The van der Waals surface area contributed by atoms with Gasteiger partial charge in [0.05, 0.1) is 23.6 Å². The molecule has 216 valence electrons. The zero-order valence-corrected chi connectivity index (χ0v) is 24.8. The lowest BCUT2D eigenvalue weighted by molar-refractivity contribution is 0.412. The molecule has 0 spiro atoms. The van der Waals surface area contributed by atoms with E-state index < -0.39 is 15.4 Å². The topological polar surface area (TPSA) is 108 Å². The Morgan fingerprint density at radius 1 is 1.02 bits per heavy atom. The molecule has 0 amide bonds. The first-order chi connectivity index (χ1) is 20.1. The van der Waals surface area contributed by atoms with E-state index in [2.05, 4.69) is 41.4 Å². The molecular weight excluding hydrogens is 550 g/mol. The van der Waals surface area contributed by atoms with Crippen LogP contribution in [-0.4, -0.2) is 55.2 Å². The number of sulfonamides is 1. The van der Waals surface area contributed by atoms with Gasteiger partial charge in [0, 0.05) is 49.7 Å². The number of hydrogen-bond acceptors (Lipinski definition) is 6. The minimum atomic E-state index is -3.80. The van der Waals surface area contributed by atoms with E-state index >= 15 is 0 Å². The summed E-state index contributed by atoms with van der Waals surface area (Å²) in [6, 6.07) is 16.6. The first-order valence-electron chi connectivity index (χ1n) is 14.2. The summed E-state index contributed by atoms with van der Waals surface area (Å²) in [6.45, 7) is 2.83. The lowest BCUT2D eigenvalue weighted by Gasteiger charge is -2.32. The van der Waals surface area contributed by atoms with Crippen molar-refractivity contribution in [3.63, 3.8) is 0 Å². The molecule has 42 heavy (non-hydrogen) atoms. The van der Waals surface area contributed by atoms with E-state index in [0.717, 1.165) is 51.7 Å². The number of pyridine rings is 1. The maximum Gasteiger partial charge on any atom is 0.264 e. The van der Waals surface area contributed by atoms with Crippen molar-refractivity contribution in [2.45, 2.75) is 49.0 Å². The molecule has 11 heteroatoms. The second-order valence-corrected chi connectivity index (χ2v) is 13.7. The Morgan fingerprint density at radius 3 is 2.52 bits per heavy atom. The van der Waals surface area contributed by atoms with Gasteiger partial charge in [0.1, 0.15) is 0 Å². The number of aromatic nitrogens is 6. The Morgan fingerprint density at radius 2 is 1.81 bits per heavy atom. The van der Waals surface area contributed by atoms with Gasteiger partial charge in [-0.15, -0.1) is 5.10 Å². The molecule has 2 fully saturated rings. The monoisotopic (exact) mass is 583 g/mol. The fraction of sp³-hybridized carbons (Fsp3) is 0.355. The SMILES string of the molecule is Cc1cc2c(cnn2-c2cc(C3CC3)c(=O)n(C)c2)cc1C1(Cc2ccccc2)CCN(S(=O)(=O)c2cnn(C)n2)C1. The van der Waals surface area contributed by atoms with Crippen molar-refractivity contribution in [2.75, 3.05) is 13.1 Å². The van der Waals surface area contributed by atoms with Crippen molar-refractivity contribution < 1.29 is 8.42 Å².